The number of benzene rings is 3. The number of halogens is 1. The molecule has 5 rings (SSSR count). The minimum Gasteiger partial charge on any atom is -0.325 e. The molecule has 188 valence electrons. The van der Waals surface area contributed by atoms with Crippen LogP contribution in [0.5, 0.6) is 0 Å². The van der Waals surface area contributed by atoms with Gasteiger partial charge in [0.05, 0.1) is 17.1 Å². The van der Waals surface area contributed by atoms with E-state index in [9.17, 15) is 9.59 Å². The van der Waals surface area contributed by atoms with E-state index < -0.39 is 0 Å². The minimum absolute atomic E-state index is 0.0575. The lowest BCUT2D eigenvalue weighted by molar-refractivity contribution is -0.113. The average molecular weight is 540 g/mol. The Kier molecular flexibility index (Phi) is 7.62. The van der Waals surface area contributed by atoms with Crippen LogP contribution >= 0.6 is 23.4 Å². The molecule has 5 aromatic rings. The average Bonchev–Trinajstić information content (AvgIpc) is 3.38. The molecule has 0 aliphatic heterocycles. The summed E-state index contributed by atoms with van der Waals surface area (Å²) in [5.41, 5.74) is 3.94. The molecule has 2 aromatic heterocycles. The number of para-hydroxylation sites is 1. The van der Waals surface area contributed by atoms with Crippen molar-refractivity contribution in [2.24, 2.45) is 0 Å². The van der Waals surface area contributed by atoms with Gasteiger partial charge in [0.2, 0.25) is 5.91 Å². The molecule has 7 nitrogen and oxygen atoms in total. The first-order valence-corrected chi connectivity index (χ1v) is 13.1. The highest BCUT2D eigenvalue weighted by atomic mass is 35.5. The summed E-state index contributed by atoms with van der Waals surface area (Å²) in [5, 5.41) is 12.8. The molecule has 2 heterocycles. The first-order chi connectivity index (χ1) is 18.5. The Morgan fingerprint density at radius 2 is 1.63 bits per heavy atom. The molecule has 1 N–H and O–H groups in total. The summed E-state index contributed by atoms with van der Waals surface area (Å²) in [6.45, 7) is 1.93. The predicted molar refractivity (Wildman–Crippen MR) is 150 cm³/mol. The maximum Gasteiger partial charge on any atom is 0.234 e. The zero-order chi connectivity index (χ0) is 26.5. The zero-order valence-corrected chi connectivity index (χ0v) is 21.9. The number of ketones is 1. The number of hydrogen-bond acceptors (Lipinski definition) is 6. The van der Waals surface area contributed by atoms with Crippen molar-refractivity contribution in [2.45, 2.75) is 12.1 Å². The third-order valence-electron chi connectivity index (χ3n) is 5.87. The van der Waals surface area contributed by atoms with Crippen molar-refractivity contribution in [3.8, 4) is 17.1 Å². The third-order valence-corrected chi connectivity index (χ3v) is 7.20. The van der Waals surface area contributed by atoms with E-state index in [1.54, 1.807) is 48.8 Å². The van der Waals surface area contributed by atoms with Crippen molar-refractivity contribution < 1.29 is 9.59 Å². The lowest BCUT2D eigenvalue weighted by Crippen LogP contribution is -2.17. The number of anilines is 1. The SMILES string of the molecule is Cc1c(Cl)cccc1-n1c(SCC(=O)Nc2ccccc2C(=O)c2ccccc2)nnc1-c1ccncc1. The summed E-state index contributed by atoms with van der Waals surface area (Å²) in [6, 6.07) is 25.3. The molecule has 0 aliphatic carbocycles. The van der Waals surface area contributed by atoms with E-state index in [-0.39, 0.29) is 17.4 Å². The van der Waals surface area contributed by atoms with E-state index in [1.807, 2.05) is 60.0 Å². The number of rotatable bonds is 8. The quantitative estimate of drug-likeness (QED) is 0.185. The summed E-state index contributed by atoms with van der Waals surface area (Å²) in [5.74, 6) is 0.236. The number of carbonyl (C=O) groups excluding carboxylic acids is 2. The highest BCUT2D eigenvalue weighted by Gasteiger charge is 2.20. The molecule has 9 heteroatoms. The van der Waals surface area contributed by atoms with E-state index in [4.69, 9.17) is 11.6 Å². The maximum atomic E-state index is 13.0. The molecule has 0 unspecified atom stereocenters. The predicted octanol–water partition coefficient (Wildman–Crippen LogP) is 6.25. The van der Waals surface area contributed by atoms with Gasteiger partial charge < -0.3 is 5.32 Å². The molecule has 0 fully saturated rings. The molecule has 0 saturated carbocycles. The van der Waals surface area contributed by atoms with Gasteiger partial charge in [-0.1, -0.05) is 71.9 Å². The number of carbonyl (C=O) groups is 2. The molecule has 38 heavy (non-hydrogen) atoms. The van der Waals surface area contributed by atoms with Crippen molar-refractivity contribution in [1.82, 2.24) is 19.7 Å². The van der Waals surface area contributed by atoms with Crippen molar-refractivity contribution in [3.05, 3.63) is 119 Å². The molecular formula is C29H22ClN5O2S. The molecule has 0 atom stereocenters. The normalized spacial score (nSPS) is 10.8. The summed E-state index contributed by atoms with van der Waals surface area (Å²) in [7, 11) is 0. The Balaban J connectivity index is 1.40. The van der Waals surface area contributed by atoms with Crippen LogP contribution in [0.1, 0.15) is 21.5 Å². The molecule has 0 radical (unpaired) electrons. The first kappa shape index (κ1) is 25.4. The monoisotopic (exact) mass is 539 g/mol. The van der Waals surface area contributed by atoms with Gasteiger partial charge in [0, 0.05) is 34.1 Å². The summed E-state index contributed by atoms with van der Waals surface area (Å²) < 4.78 is 1.89. The Labute approximate surface area is 228 Å². The highest BCUT2D eigenvalue weighted by Crippen LogP contribution is 2.31. The van der Waals surface area contributed by atoms with E-state index in [1.165, 1.54) is 11.8 Å². The molecule has 0 spiro atoms. The van der Waals surface area contributed by atoms with Crippen LogP contribution in [-0.4, -0.2) is 37.2 Å². The third kappa shape index (κ3) is 5.37. The first-order valence-electron chi connectivity index (χ1n) is 11.8. The van der Waals surface area contributed by atoms with Crippen molar-refractivity contribution >= 4 is 40.7 Å². The second-order valence-electron chi connectivity index (χ2n) is 8.34. The number of pyridine rings is 1. The van der Waals surface area contributed by atoms with Crippen LogP contribution in [-0.2, 0) is 4.79 Å². The molecule has 3 aromatic carbocycles. The lowest BCUT2D eigenvalue weighted by Gasteiger charge is -2.14. The second kappa shape index (κ2) is 11.4. The van der Waals surface area contributed by atoms with E-state index >= 15 is 0 Å². The van der Waals surface area contributed by atoms with Crippen LogP contribution in [0, 0.1) is 6.92 Å². The minimum atomic E-state index is -0.272. The van der Waals surface area contributed by atoms with E-state index in [0.717, 1.165) is 16.8 Å². The Bertz CT molecular complexity index is 1610. The van der Waals surface area contributed by atoms with Gasteiger partial charge in [-0.15, -0.1) is 10.2 Å². The summed E-state index contributed by atoms with van der Waals surface area (Å²) in [6.07, 6.45) is 3.38. The van der Waals surface area contributed by atoms with Gasteiger partial charge in [-0.25, -0.2) is 0 Å². The summed E-state index contributed by atoms with van der Waals surface area (Å²) in [4.78, 5) is 30.1. The van der Waals surface area contributed by atoms with Gasteiger partial charge in [0.15, 0.2) is 16.8 Å². The van der Waals surface area contributed by atoms with Crippen LogP contribution in [0.4, 0.5) is 5.69 Å². The van der Waals surface area contributed by atoms with Gasteiger partial charge in [-0.05, 0) is 48.9 Å². The smallest absolute Gasteiger partial charge is 0.234 e. The number of nitrogens with one attached hydrogen (secondary N) is 1. The largest absolute Gasteiger partial charge is 0.325 e. The Morgan fingerprint density at radius 3 is 2.42 bits per heavy atom. The fourth-order valence-electron chi connectivity index (χ4n) is 3.96. The lowest BCUT2D eigenvalue weighted by atomic mass is 10.0. The standard InChI is InChI=1S/C29H22ClN5O2S/c1-19-23(30)11-7-13-25(19)35-28(21-14-16-31-17-15-21)33-34-29(35)38-18-26(36)32-24-12-6-5-10-22(24)27(37)20-8-3-2-4-9-20/h2-17H,18H2,1H3,(H,32,36). The zero-order valence-electron chi connectivity index (χ0n) is 20.3. The topological polar surface area (TPSA) is 89.8 Å². The van der Waals surface area contributed by atoms with Gasteiger partial charge in [0.25, 0.3) is 0 Å². The molecule has 0 saturated heterocycles. The number of hydrogen-bond donors (Lipinski definition) is 1. The second-order valence-corrected chi connectivity index (χ2v) is 9.69. The van der Waals surface area contributed by atoms with Crippen LogP contribution in [0.2, 0.25) is 5.02 Å². The number of amides is 1. The van der Waals surface area contributed by atoms with Crippen LogP contribution in [0.3, 0.4) is 0 Å². The fraction of sp³-hybridized carbons (Fsp3) is 0.0690. The van der Waals surface area contributed by atoms with E-state index in [2.05, 4.69) is 20.5 Å². The molecule has 1 amide bonds. The molecular weight excluding hydrogens is 518 g/mol. The Morgan fingerprint density at radius 1 is 0.895 bits per heavy atom. The van der Waals surface area contributed by atoms with Gasteiger partial charge in [0.1, 0.15) is 0 Å². The fourth-order valence-corrected chi connectivity index (χ4v) is 4.87. The van der Waals surface area contributed by atoms with Gasteiger partial charge in [-0.3, -0.25) is 19.1 Å². The number of aromatic nitrogens is 4. The molecule has 0 bridgehead atoms. The van der Waals surface area contributed by atoms with Crippen molar-refractivity contribution in [3.63, 3.8) is 0 Å². The van der Waals surface area contributed by atoms with Crippen molar-refractivity contribution in [2.75, 3.05) is 11.1 Å². The van der Waals surface area contributed by atoms with E-state index in [0.29, 0.717) is 32.8 Å². The maximum absolute atomic E-state index is 13.0. The van der Waals surface area contributed by atoms with Crippen LogP contribution < -0.4 is 5.32 Å². The van der Waals surface area contributed by atoms with Gasteiger partial charge >= 0.3 is 0 Å². The van der Waals surface area contributed by atoms with Gasteiger partial charge in [-0.2, -0.15) is 0 Å². The number of nitrogens with zero attached hydrogens (tertiary/aromatic N) is 4. The molecule has 0 aliphatic rings. The van der Waals surface area contributed by atoms with Crippen molar-refractivity contribution in [1.29, 1.82) is 0 Å². The highest BCUT2D eigenvalue weighted by molar-refractivity contribution is 7.99. The van der Waals surface area contributed by atoms with Crippen LogP contribution in [0.25, 0.3) is 17.1 Å². The number of thioether (sulfide) groups is 1. The summed E-state index contributed by atoms with van der Waals surface area (Å²) >= 11 is 7.66. The van der Waals surface area contributed by atoms with Crippen LogP contribution in [0.15, 0.2) is 102 Å². The Hall–Kier alpha value is -4.27.